The average Bonchev–Trinajstić information content (AvgIpc) is 2.38. The minimum atomic E-state index is -3.51. The number of hydrogen-bond donors (Lipinski definition) is 1. The van der Waals surface area contributed by atoms with Crippen molar-refractivity contribution in [3.8, 4) is 5.75 Å². The van der Waals surface area contributed by atoms with E-state index in [9.17, 15) is 8.42 Å². The summed E-state index contributed by atoms with van der Waals surface area (Å²) in [4.78, 5) is 3.89. The number of ether oxygens (including phenoxy) is 1. The number of rotatable bonds is 4. The molecule has 1 aromatic carbocycles. The number of hydrogen-bond acceptors (Lipinski definition) is 5. The maximum absolute atomic E-state index is 12.3. The molecule has 0 radical (unpaired) electrons. The second-order valence-electron chi connectivity index (χ2n) is 4.14. The molecule has 106 valence electrons. The predicted octanol–water partition coefficient (Wildman–Crippen LogP) is 2.41. The van der Waals surface area contributed by atoms with Crippen LogP contribution in [0.2, 0.25) is 0 Å². The third-order valence-electron chi connectivity index (χ3n) is 2.72. The molecule has 5 nitrogen and oxygen atoms in total. The summed E-state index contributed by atoms with van der Waals surface area (Å²) < 4.78 is 30.5. The zero-order valence-electron chi connectivity index (χ0n) is 10.7. The van der Waals surface area contributed by atoms with Crippen LogP contribution < -0.4 is 10.5 Å². The fourth-order valence-corrected chi connectivity index (χ4v) is 3.82. The third kappa shape index (κ3) is 3.10. The number of sulfone groups is 1. The number of benzene rings is 1. The van der Waals surface area contributed by atoms with Crippen LogP contribution in [0.15, 0.2) is 46.0 Å². The molecule has 2 rings (SSSR count). The number of pyridine rings is 1. The Morgan fingerprint density at radius 1 is 1.35 bits per heavy atom. The van der Waals surface area contributed by atoms with Crippen LogP contribution in [0.25, 0.3) is 0 Å². The van der Waals surface area contributed by atoms with Crippen LogP contribution in [0.4, 0.5) is 5.69 Å². The van der Waals surface area contributed by atoms with E-state index in [1.807, 2.05) is 0 Å². The maximum Gasteiger partial charge on any atom is 0.184 e. The Labute approximate surface area is 125 Å². The van der Waals surface area contributed by atoms with Crippen LogP contribution in [0.5, 0.6) is 5.75 Å². The van der Waals surface area contributed by atoms with Crippen LogP contribution in [0.3, 0.4) is 0 Å². The Kier molecular flexibility index (Phi) is 4.29. The van der Waals surface area contributed by atoms with Crippen molar-refractivity contribution in [2.45, 2.75) is 10.6 Å². The zero-order chi connectivity index (χ0) is 14.8. The van der Waals surface area contributed by atoms with E-state index in [-0.39, 0.29) is 16.3 Å². The van der Waals surface area contributed by atoms with Crippen molar-refractivity contribution in [1.82, 2.24) is 4.98 Å². The molecule has 0 unspecified atom stereocenters. The van der Waals surface area contributed by atoms with Gasteiger partial charge in [0.1, 0.15) is 5.75 Å². The lowest BCUT2D eigenvalue weighted by Gasteiger charge is -2.09. The highest BCUT2D eigenvalue weighted by atomic mass is 79.9. The second kappa shape index (κ2) is 5.80. The third-order valence-corrected chi connectivity index (χ3v) is 5.09. The van der Waals surface area contributed by atoms with Gasteiger partial charge in [-0.3, -0.25) is 4.98 Å². The molecule has 0 fully saturated rings. The number of nitrogens with two attached hydrogens (primary N) is 1. The van der Waals surface area contributed by atoms with Crippen molar-refractivity contribution in [3.63, 3.8) is 0 Å². The highest BCUT2D eigenvalue weighted by Gasteiger charge is 2.18. The van der Waals surface area contributed by atoms with E-state index in [0.717, 1.165) is 0 Å². The highest BCUT2D eigenvalue weighted by molar-refractivity contribution is 9.10. The summed E-state index contributed by atoms with van der Waals surface area (Å²) in [5.41, 5.74) is 6.46. The molecule has 2 aromatic rings. The van der Waals surface area contributed by atoms with Gasteiger partial charge in [-0.1, -0.05) is 6.07 Å². The van der Waals surface area contributed by atoms with Crippen molar-refractivity contribution in [1.29, 1.82) is 0 Å². The fraction of sp³-hybridized carbons (Fsp3) is 0.154. The molecule has 0 aliphatic carbocycles. The fourth-order valence-electron chi connectivity index (χ4n) is 1.77. The van der Waals surface area contributed by atoms with Gasteiger partial charge in [0.05, 0.1) is 34.1 Å². The van der Waals surface area contributed by atoms with E-state index in [0.29, 0.717) is 15.8 Å². The number of methoxy groups -OCH3 is 1. The Morgan fingerprint density at radius 3 is 2.70 bits per heavy atom. The normalized spacial score (nSPS) is 11.3. The lowest BCUT2D eigenvalue weighted by molar-refractivity contribution is 0.412. The van der Waals surface area contributed by atoms with E-state index in [1.165, 1.54) is 18.5 Å². The molecule has 0 bridgehead atoms. The largest absolute Gasteiger partial charge is 0.496 e. The van der Waals surface area contributed by atoms with Crippen LogP contribution in [0.1, 0.15) is 5.56 Å². The summed E-state index contributed by atoms with van der Waals surface area (Å²) in [7, 11) is -1.96. The summed E-state index contributed by atoms with van der Waals surface area (Å²) >= 11 is 3.33. The first-order valence-electron chi connectivity index (χ1n) is 5.68. The summed E-state index contributed by atoms with van der Waals surface area (Å²) in [6.07, 6.45) is 2.74. The number of anilines is 1. The quantitative estimate of drug-likeness (QED) is 0.909. The van der Waals surface area contributed by atoms with E-state index in [1.54, 1.807) is 25.3 Å². The topological polar surface area (TPSA) is 82.3 Å². The van der Waals surface area contributed by atoms with Crippen LogP contribution in [-0.4, -0.2) is 20.5 Å². The molecule has 0 atom stereocenters. The summed E-state index contributed by atoms with van der Waals surface area (Å²) in [5, 5.41) is 0. The molecular weight excluding hydrogens is 344 g/mol. The van der Waals surface area contributed by atoms with Gasteiger partial charge < -0.3 is 10.5 Å². The Balaban J connectivity index is 2.34. The van der Waals surface area contributed by atoms with Gasteiger partial charge in [0.2, 0.25) is 0 Å². The first-order chi connectivity index (χ1) is 9.44. The molecule has 1 heterocycles. The van der Waals surface area contributed by atoms with E-state index < -0.39 is 9.84 Å². The minimum absolute atomic E-state index is 0.0967. The lowest BCUT2D eigenvalue weighted by atomic mass is 10.2. The molecule has 20 heavy (non-hydrogen) atoms. The Morgan fingerprint density at radius 2 is 2.10 bits per heavy atom. The molecular formula is C13H13BrN2O3S. The molecule has 2 N–H and O–H groups in total. The van der Waals surface area contributed by atoms with Crippen molar-refractivity contribution in [2.75, 3.05) is 12.8 Å². The summed E-state index contributed by atoms with van der Waals surface area (Å²) in [6.45, 7) is 0. The first-order valence-corrected chi connectivity index (χ1v) is 8.13. The van der Waals surface area contributed by atoms with Gasteiger partial charge in [-0.05, 0) is 39.7 Å². The van der Waals surface area contributed by atoms with Crippen molar-refractivity contribution in [2.24, 2.45) is 0 Å². The number of nitrogen functional groups attached to an aromatic ring is 1. The van der Waals surface area contributed by atoms with Crippen molar-refractivity contribution in [3.05, 3.63) is 46.7 Å². The first kappa shape index (κ1) is 14.8. The number of nitrogens with zero attached hydrogens (tertiary/aromatic N) is 1. The van der Waals surface area contributed by atoms with Crippen molar-refractivity contribution >= 4 is 31.5 Å². The van der Waals surface area contributed by atoms with Crippen molar-refractivity contribution < 1.29 is 13.2 Å². The molecule has 0 saturated heterocycles. The molecule has 0 amide bonds. The van der Waals surface area contributed by atoms with Gasteiger partial charge in [0.15, 0.2) is 9.84 Å². The van der Waals surface area contributed by atoms with Crippen LogP contribution in [-0.2, 0) is 15.6 Å². The smallest absolute Gasteiger partial charge is 0.184 e. The number of halogens is 1. The Hall–Kier alpha value is -1.60. The van der Waals surface area contributed by atoms with E-state index in [4.69, 9.17) is 10.5 Å². The SMILES string of the molecule is COc1ccc(CS(=O)(=O)c2ccncc2N)cc1Br. The monoisotopic (exact) mass is 356 g/mol. The standard InChI is InChI=1S/C13H13BrN2O3S/c1-19-12-3-2-9(6-10(12)14)8-20(17,18)13-4-5-16-7-11(13)15/h2-7H,8,15H2,1H3. The second-order valence-corrected chi connectivity index (χ2v) is 6.95. The summed E-state index contributed by atoms with van der Waals surface area (Å²) in [6, 6.07) is 6.54. The summed E-state index contributed by atoms with van der Waals surface area (Å²) in [5.74, 6) is 0.513. The molecule has 1 aromatic heterocycles. The predicted molar refractivity (Wildman–Crippen MR) is 80.2 cm³/mol. The van der Waals surface area contributed by atoms with Gasteiger partial charge in [0.25, 0.3) is 0 Å². The van der Waals surface area contributed by atoms with Crippen LogP contribution in [0, 0.1) is 0 Å². The minimum Gasteiger partial charge on any atom is -0.496 e. The Bertz CT molecular complexity index is 732. The molecule has 0 spiro atoms. The lowest BCUT2D eigenvalue weighted by Crippen LogP contribution is -2.08. The highest BCUT2D eigenvalue weighted by Crippen LogP contribution is 2.28. The van der Waals surface area contributed by atoms with Gasteiger partial charge >= 0.3 is 0 Å². The molecule has 0 aliphatic rings. The average molecular weight is 357 g/mol. The van der Waals surface area contributed by atoms with Crippen LogP contribution >= 0.6 is 15.9 Å². The van der Waals surface area contributed by atoms with Gasteiger partial charge in [-0.2, -0.15) is 0 Å². The number of aromatic nitrogens is 1. The molecule has 0 saturated carbocycles. The molecule has 7 heteroatoms. The van der Waals surface area contributed by atoms with Gasteiger partial charge in [0, 0.05) is 6.20 Å². The van der Waals surface area contributed by atoms with Gasteiger partial charge in [-0.25, -0.2) is 8.42 Å². The van der Waals surface area contributed by atoms with E-state index >= 15 is 0 Å². The van der Waals surface area contributed by atoms with Gasteiger partial charge in [-0.15, -0.1) is 0 Å². The van der Waals surface area contributed by atoms with E-state index in [2.05, 4.69) is 20.9 Å². The maximum atomic E-state index is 12.3. The molecule has 0 aliphatic heterocycles. The zero-order valence-corrected chi connectivity index (χ0v) is 13.1.